The highest BCUT2D eigenvalue weighted by molar-refractivity contribution is 7.92. The lowest BCUT2D eigenvalue weighted by Gasteiger charge is -2.32. The highest BCUT2D eigenvalue weighted by atomic mass is 32.2. The van der Waals surface area contributed by atoms with Crippen LogP contribution in [-0.4, -0.2) is 44.8 Å². The van der Waals surface area contributed by atoms with Gasteiger partial charge in [0.2, 0.25) is 5.91 Å². The first kappa shape index (κ1) is 23.8. The number of amides is 2. The van der Waals surface area contributed by atoms with Gasteiger partial charge in [0, 0.05) is 30.9 Å². The average Bonchev–Trinajstić information content (AvgIpc) is 2.79. The van der Waals surface area contributed by atoms with E-state index in [1.165, 1.54) is 12.1 Å². The Labute approximate surface area is 190 Å². The van der Waals surface area contributed by atoms with Gasteiger partial charge in [-0.2, -0.15) is 0 Å². The number of rotatable bonds is 8. The lowest BCUT2D eigenvalue weighted by molar-refractivity contribution is -0.126. The Morgan fingerprint density at radius 3 is 2.41 bits per heavy atom. The van der Waals surface area contributed by atoms with Crippen molar-refractivity contribution in [3.63, 3.8) is 0 Å². The van der Waals surface area contributed by atoms with Crippen LogP contribution in [-0.2, 0) is 14.8 Å². The summed E-state index contributed by atoms with van der Waals surface area (Å²) in [5, 5.41) is 2.98. The van der Waals surface area contributed by atoms with Gasteiger partial charge in [0.25, 0.3) is 15.9 Å². The van der Waals surface area contributed by atoms with Crippen LogP contribution in [0.25, 0.3) is 0 Å². The molecule has 7 nitrogen and oxygen atoms in total. The summed E-state index contributed by atoms with van der Waals surface area (Å²) in [5.74, 6) is 0.188. The van der Waals surface area contributed by atoms with Crippen LogP contribution in [0.5, 0.6) is 0 Å². The van der Waals surface area contributed by atoms with Crippen molar-refractivity contribution >= 4 is 27.5 Å². The van der Waals surface area contributed by atoms with Gasteiger partial charge in [0.1, 0.15) is 0 Å². The molecule has 1 saturated heterocycles. The predicted molar refractivity (Wildman–Crippen MR) is 125 cm³/mol. The molecule has 3 rings (SSSR count). The fourth-order valence-corrected chi connectivity index (χ4v) is 4.76. The maximum atomic E-state index is 12.9. The van der Waals surface area contributed by atoms with Gasteiger partial charge in [0.15, 0.2) is 0 Å². The number of nitrogens with zero attached hydrogens (tertiary/aromatic N) is 1. The first-order chi connectivity index (χ1) is 15.3. The lowest BCUT2D eigenvalue weighted by Crippen LogP contribution is -2.45. The standard InChI is InChI=1S/C24H31N3O4S/c1-18(2)14-15-25-23(28)20-7-6-16-27(17-20)24(29)19-10-12-21(13-11-19)26-32(30,31)22-8-4-3-5-9-22/h3-5,8-13,18,20,26H,6-7,14-17H2,1-2H3,(H,25,28). The monoisotopic (exact) mass is 457 g/mol. The number of anilines is 1. The van der Waals surface area contributed by atoms with Crippen molar-refractivity contribution in [2.24, 2.45) is 11.8 Å². The summed E-state index contributed by atoms with van der Waals surface area (Å²) in [6.07, 6.45) is 2.49. The highest BCUT2D eigenvalue weighted by Crippen LogP contribution is 2.21. The molecule has 0 aromatic heterocycles. The Morgan fingerprint density at radius 2 is 1.75 bits per heavy atom. The van der Waals surface area contributed by atoms with Crippen LogP contribution in [0.15, 0.2) is 59.5 Å². The second-order valence-corrected chi connectivity index (χ2v) is 10.2. The predicted octanol–water partition coefficient (Wildman–Crippen LogP) is 3.50. The van der Waals surface area contributed by atoms with Crippen molar-refractivity contribution in [2.45, 2.75) is 38.0 Å². The molecule has 1 atom stereocenters. The van der Waals surface area contributed by atoms with Crippen LogP contribution in [0.4, 0.5) is 5.69 Å². The number of likely N-dealkylation sites (tertiary alicyclic amines) is 1. The minimum absolute atomic E-state index is 0.00816. The van der Waals surface area contributed by atoms with Gasteiger partial charge in [-0.05, 0) is 61.6 Å². The summed E-state index contributed by atoms with van der Waals surface area (Å²) in [4.78, 5) is 27.3. The Bertz CT molecular complexity index is 1020. The van der Waals surface area contributed by atoms with E-state index in [1.807, 2.05) is 0 Å². The largest absolute Gasteiger partial charge is 0.356 e. The van der Waals surface area contributed by atoms with Gasteiger partial charge >= 0.3 is 0 Å². The molecule has 0 bridgehead atoms. The van der Waals surface area contributed by atoms with E-state index >= 15 is 0 Å². The summed E-state index contributed by atoms with van der Waals surface area (Å²) in [7, 11) is -3.69. The van der Waals surface area contributed by atoms with Crippen molar-refractivity contribution in [1.82, 2.24) is 10.2 Å². The van der Waals surface area contributed by atoms with E-state index in [2.05, 4.69) is 23.9 Å². The molecule has 2 N–H and O–H groups in total. The van der Waals surface area contributed by atoms with E-state index in [0.717, 1.165) is 19.3 Å². The average molecular weight is 458 g/mol. The summed E-state index contributed by atoms with van der Waals surface area (Å²) < 4.78 is 27.4. The molecular weight excluding hydrogens is 426 g/mol. The zero-order chi connectivity index (χ0) is 23.1. The number of hydrogen-bond donors (Lipinski definition) is 2. The number of carbonyl (C=O) groups is 2. The molecule has 0 saturated carbocycles. The van der Waals surface area contributed by atoms with Crippen molar-refractivity contribution in [3.05, 3.63) is 60.2 Å². The third-order valence-corrected chi connectivity index (χ3v) is 6.94. The second kappa shape index (κ2) is 10.6. The van der Waals surface area contributed by atoms with E-state index in [-0.39, 0.29) is 22.6 Å². The fraction of sp³-hybridized carbons (Fsp3) is 0.417. The molecule has 1 aliphatic heterocycles. The highest BCUT2D eigenvalue weighted by Gasteiger charge is 2.28. The Kier molecular flexibility index (Phi) is 7.90. The van der Waals surface area contributed by atoms with Gasteiger partial charge in [-0.1, -0.05) is 32.0 Å². The molecule has 172 valence electrons. The Balaban J connectivity index is 1.59. The number of piperidine rings is 1. The first-order valence-corrected chi connectivity index (χ1v) is 12.5. The van der Waals surface area contributed by atoms with E-state index < -0.39 is 10.0 Å². The zero-order valence-corrected chi connectivity index (χ0v) is 19.4. The number of carbonyl (C=O) groups excluding carboxylic acids is 2. The van der Waals surface area contributed by atoms with Crippen LogP contribution < -0.4 is 10.0 Å². The second-order valence-electron chi connectivity index (χ2n) is 8.56. The lowest BCUT2D eigenvalue weighted by atomic mass is 9.96. The maximum Gasteiger partial charge on any atom is 0.261 e. The molecule has 1 aliphatic rings. The fourth-order valence-electron chi connectivity index (χ4n) is 3.68. The van der Waals surface area contributed by atoms with Crippen LogP contribution in [0, 0.1) is 11.8 Å². The van der Waals surface area contributed by atoms with Crippen molar-refractivity contribution in [3.8, 4) is 0 Å². The third kappa shape index (κ3) is 6.32. The molecule has 1 unspecified atom stereocenters. The smallest absolute Gasteiger partial charge is 0.261 e. The third-order valence-electron chi connectivity index (χ3n) is 5.54. The van der Waals surface area contributed by atoms with Crippen molar-refractivity contribution < 1.29 is 18.0 Å². The van der Waals surface area contributed by atoms with Gasteiger partial charge in [0.05, 0.1) is 10.8 Å². The first-order valence-electron chi connectivity index (χ1n) is 11.0. The van der Waals surface area contributed by atoms with Crippen molar-refractivity contribution in [1.29, 1.82) is 0 Å². The van der Waals surface area contributed by atoms with Crippen LogP contribution in [0.1, 0.15) is 43.5 Å². The minimum Gasteiger partial charge on any atom is -0.356 e. The van der Waals surface area contributed by atoms with Crippen molar-refractivity contribution in [2.75, 3.05) is 24.4 Å². The molecule has 2 aromatic rings. The summed E-state index contributed by atoms with van der Waals surface area (Å²) in [6.45, 7) is 5.89. The Morgan fingerprint density at radius 1 is 1.06 bits per heavy atom. The van der Waals surface area contributed by atoms with E-state index in [0.29, 0.717) is 36.8 Å². The molecule has 2 aromatic carbocycles. The quantitative estimate of drug-likeness (QED) is 0.634. The van der Waals surface area contributed by atoms with Crippen LogP contribution in [0.2, 0.25) is 0 Å². The molecule has 8 heteroatoms. The van der Waals surface area contributed by atoms with Gasteiger partial charge in [-0.25, -0.2) is 8.42 Å². The zero-order valence-electron chi connectivity index (χ0n) is 18.6. The molecule has 1 fully saturated rings. The number of nitrogens with one attached hydrogen (secondary N) is 2. The van der Waals surface area contributed by atoms with Crippen LogP contribution in [0.3, 0.4) is 0 Å². The molecule has 2 amide bonds. The van der Waals surface area contributed by atoms with Gasteiger partial charge < -0.3 is 10.2 Å². The SMILES string of the molecule is CC(C)CCNC(=O)C1CCCN(C(=O)c2ccc(NS(=O)(=O)c3ccccc3)cc2)C1. The summed E-state index contributed by atoms with van der Waals surface area (Å²) >= 11 is 0. The van der Waals surface area contributed by atoms with E-state index in [9.17, 15) is 18.0 Å². The molecule has 1 heterocycles. The number of benzene rings is 2. The number of sulfonamides is 1. The summed E-state index contributed by atoms with van der Waals surface area (Å²) in [6, 6.07) is 14.5. The maximum absolute atomic E-state index is 12.9. The molecule has 0 spiro atoms. The normalized spacial score (nSPS) is 16.6. The summed E-state index contributed by atoms with van der Waals surface area (Å²) in [5.41, 5.74) is 0.847. The molecule has 32 heavy (non-hydrogen) atoms. The molecule has 0 radical (unpaired) electrons. The topological polar surface area (TPSA) is 95.6 Å². The Hall–Kier alpha value is -2.87. The van der Waals surface area contributed by atoms with E-state index in [4.69, 9.17) is 0 Å². The van der Waals surface area contributed by atoms with Gasteiger partial charge in [-0.15, -0.1) is 0 Å². The van der Waals surface area contributed by atoms with Crippen LogP contribution >= 0.6 is 0 Å². The number of hydrogen-bond acceptors (Lipinski definition) is 4. The molecule has 0 aliphatic carbocycles. The minimum atomic E-state index is -3.69. The van der Waals surface area contributed by atoms with Gasteiger partial charge in [-0.3, -0.25) is 14.3 Å². The molecular formula is C24H31N3O4S. The van der Waals surface area contributed by atoms with E-state index in [1.54, 1.807) is 47.4 Å².